The predicted octanol–water partition coefficient (Wildman–Crippen LogP) is 6.67. The van der Waals surface area contributed by atoms with E-state index in [0.717, 1.165) is 19.3 Å². The minimum absolute atomic E-state index is 0.0122. The van der Waals surface area contributed by atoms with Crippen molar-refractivity contribution in [3.05, 3.63) is 75.9 Å². The lowest BCUT2D eigenvalue weighted by molar-refractivity contribution is -0.156. The smallest absolute Gasteiger partial charge is 0.407 e. The molecule has 2 atom stereocenters. The molecular weight excluding hydrogens is 666 g/mol. The molecule has 0 radical (unpaired) electrons. The fourth-order valence-corrected chi connectivity index (χ4v) is 6.87. The van der Waals surface area contributed by atoms with Crippen molar-refractivity contribution in [2.45, 2.75) is 46.5 Å². The van der Waals surface area contributed by atoms with Crippen molar-refractivity contribution < 1.29 is 47.5 Å². The fourth-order valence-electron chi connectivity index (χ4n) is 6.87. The molecule has 0 aliphatic heterocycles. The van der Waals surface area contributed by atoms with Crippen LogP contribution in [0.4, 0.5) is 4.79 Å². The molecular formula is C41H67NO10. The monoisotopic (exact) mass is 733 g/mol. The van der Waals surface area contributed by atoms with Crippen LogP contribution in [0.25, 0.3) is 0 Å². The molecule has 0 aromatic rings. The Hall–Kier alpha value is -3.06. The van der Waals surface area contributed by atoms with Crippen molar-refractivity contribution in [3.63, 3.8) is 0 Å². The van der Waals surface area contributed by atoms with Crippen molar-refractivity contribution in [1.29, 1.82) is 0 Å². The highest BCUT2D eigenvalue weighted by molar-refractivity contribution is 5.69. The molecule has 1 rings (SSSR count). The topological polar surface area (TPSA) is 120 Å². The molecule has 0 spiro atoms. The Labute approximate surface area is 313 Å². The van der Waals surface area contributed by atoms with Crippen LogP contribution >= 0.6 is 0 Å². The van der Waals surface area contributed by atoms with Crippen LogP contribution in [0.1, 0.15) is 46.5 Å². The van der Waals surface area contributed by atoms with Gasteiger partial charge >= 0.3 is 12.1 Å². The van der Waals surface area contributed by atoms with Gasteiger partial charge < -0.3 is 43.2 Å². The summed E-state index contributed by atoms with van der Waals surface area (Å²) in [6.45, 7) is 32.8. The predicted molar refractivity (Wildman–Crippen MR) is 205 cm³/mol. The van der Waals surface area contributed by atoms with Crippen LogP contribution in [-0.4, -0.2) is 111 Å². The Morgan fingerprint density at radius 3 is 1.33 bits per heavy atom. The molecule has 1 aliphatic rings. The molecule has 2 unspecified atom stereocenters. The Kier molecular flexibility index (Phi) is 23.3. The highest BCUT2D eigenvalue weighted by Gasteiger charge is 2.43. The minimum Gasteiger partial charge on any atom is -0.465 e. The summed E-state index contributed by atoms with van der Waals surface area (Å²) in [7, 11) is 0. The second-order valence-corrected chi connectivity index (χ2v) is 15.0. The Morgan fingerprint density at radius 1 is 0.596 bits per heavy atom. The van der Waals surface area contributed by atoms with Gasteiger partial charge in [-0.1, -0.05) is 57.2 Å². The lowest BCUT2D eigenvalue weighted by Gasteiger charge is -2.46. The van der Waals surface area contributed by atoms with E-state index < -0.39 is 16.9 Å². The third-order valence-corrected chi connectivity index (χ3v) is 8.56. The number of hydrogen-bond acceptors (Lipinski definition) is 10. The third-order valence-electron chi connectivity index (χ3n) is 8.56. The van der Waals surface area contributed by atoms with Gasteiger partial charge in [0, 0.05) is 13.0 Å². The normalized spacial score (nSPS) is 18.5. The van der Waals surface area contributed by atoms with E-state index in [4.69, 9.17) is 37.9 Å². The maximum absolute atomic E-state index is 13.4. The van der Waals surface area contributed by atoms with E-state index in [-0.39, 0.29) is 82.0 Å². The van der Waals surface area contributed by atoms with Gasteiger partial charge in [0.15, 0.2) is 0 Å². The Morgan fingerprint density at radius 2 is 0.962 bits per heavy atom. The molecule has 1 fully saturated rings. The van der Waals surface area contributed by atoms with Crippen LogP contribution < -0.4 is 5.32 Å². The van der Waals surface area contributed by atoms with E-state index in [0.29, 0.717) is 46.2 Å². The molecule has 296 valence electrons. The number of hydrogen-bond donors (Lipinski definition) is 1. The Bertz CT molecular complexity index is 1030. The molecule has 0 bridgehead atoms. The standard InChI is InChI=1S/C41H67NO10/c1-10-16-45-27-40(28-46-17-11-2,29-47-18-12-3)33-51-36(43)22-35-23-38(7,8)25-39(9,24-35)26-42-37(44)52-34-41(30-48-19-13-4,31-49-20-14-5)32-50-21-15-6/h10-15,35H,1-6,16-34H2,7-9H3,(H,42,44). The second kappa shape index (κ2) is 25.8. The average Bonchev–Trinajstić information content (AvgIpc) is 3.09. The molecule has 1 aliphatic carbocycles. The SMILES string of the molecule is C=CCOCC(COCC=C)(COCC=C)COC(=O)CC1CC(C)(C)CC(C)(CNC(=O)OCC(COCC=C)(COCC=C)COCC=C)C1. The summed E-state index contributed by atoms with van der Waals surface area (Å²) in [5.41, 5.74) is -1.82. The number of alkyl carbamates (subject to hydrolysis) is 1. The lowest BCUT2D eigenvalue weighted by atomic mass is 9.60. The second-order valence-electron chi connectivity index (χ2n) is 15.0. The molecule has 0 aromatic heterocycles. The van der Waals surface area contributed by atoms with E-state index in [2.05, 4.69) is 65.6 Å². The van der Waals surface area contributed by atoms with Gasteiger partial charge in [0.1, 0.15) is 13.2 Å². The van der Waals surface area contributed by atoms with Gasteiger partial charge in [0.05, 0.1) is 90.1 Å². The molecule has 1 amide bonds. The highest BCUT2D eigenvalue weighted by Crippen LogP contribution is 2.49. The van der Waals surface area contributed by atoms with Crippen LogP contribution in [0.5, 0.6) is 0 Å². The first kappa shape index (κ1) is 47.0. The highest BCUT2D eigenvalue weighted by atomic mass is 16.6. The van der Waals surface area contributed by atoms with Crippen molar-refractivity contribution in [2.75, 3.05) is 99.0 Å². The lowest BCUT2D eigenvalue weighted by Crippen LogP contribution is -2.46. The molecule has 1 saturated carbocycles. The average molecular weight is 734 g/mol. The molecule has 0 heterocycles. The summed E-state index contributed by atoms with van der Waals surface area (Å²) in [6, 6.07) is 0. The number of carbonyl (C=O) groups excluding carboxylic acids is 2. The largest absolute Gasteiger partial charge is 0.465 e. The molecule has 11 heteroatoms. The molecule has 52 heavy (non-hydrogen) atoms. The van der Waals surface area contributed by atoms with Crippen LogP contribution in [-0.2, 0) is 42.7 Å². The van der Waals surface area contributed by atoms with E-state index in [1.807, 2.05) is 0 Å². The van der Waals surface area contributed by atoms with Gasteiger partial charge in [0.2, 0.25) is 0 Å². The molecule has 0 aromatic carbocycles. The summed E-state index contributed by atoms with van der Waals surface area (Å²) in [6.07, 6.45) is 12.1. The summed E-state index contributed by atoms with van der Waals surface area (Å²) in [5.74, 6) is -0.247. The van der Waals surface area contributed by atoms with Gasteiger partial charge in [-0.15, -0.1) is 39.5 Å². The maximum atomic E-state index is 13.4. The van der Waals surface area contributed by atoms with Crippen LogP contribution in [0.15, 0.2) is 75.9 Å². The zero-order chi connectivity index (χ0) is 38.8. The maximum Gasteiger partial charge on any atom is 0.407 e. The number of esters is 1. The number of amides is 1. The summed E-state index contributed by atoms with van der Waals surface area (Å²) >= 11 is 0. The van der Waals surface area contributed by atoms with Crippen LogP contribution in [0.3, 0.4) is 0 Å². The first-order valence-electron chi connectivity index (χ1n) is 18.0. The van der Waals surface area contributed by atoms with Gasteiger partial charge in [-0.3, -0.25) is 4.79 Å². The van der Waals surface area contributed by atoms with Gasteiger partial charge in [-0.25, -0.2) is 4.79 Å². The fraction of sp³-hybridized carbons (Fsp3) is 0.659. The zero-order valence-corrected chi connectivity index (χ0v) is 32.3. The van der Waals surface area contributed by atoms with Crippen molar-refractivity contribution >= 4 is 12.1 Å². The van der Waals surface area contributed by atoms with Gasteiger partial charge in [-0.05, 0) is 36.0 Å². The van der Waals surface area contributed by atoms with Crippen molar-refractivity contribution in [2.24, 2.45) is 27.6 Å². The van der Waals surface area contributed by atoms with Crippen LogP contribution in [0, 0.1) is 27.6 Å². The summed E-state index contributed by atoms with van der Waals surface area (Å²) in [4.78, 5) is 26.5. The number of carbonyl (C=O) groups is 2. The van der Waals surface area contributed by atoms with Crippen molar-refractivity contribution in [1.82, 2.24) is 5.32 Å². The first-order chi connectivity index (χ1) is 24.9. The summed E-state index contributed by atoms with van der Waals surface area (Å²) in [5, 5.41) is 2.99. The molecule has 1 N–H and O–H groups in total. The Balaban J connectivity index is 2.94. The number of ether oxygens (including phenoxy) is 8. The van der Waals surface area contributed by atoms with E-state index in [1.165, 1.54) is 0 Å². The van der Waals surface area contributed by atoms with E-state index >= 15 is 0 Å². The molecule has 11 nitrogen and oxygen atoms in total. The number of rotatable bonds is 32. The third kappa shape index (κ3) is 19.7. The zero-order valence-electron chi connectivity index (χ0n) is 32.3. The number of nitrogens with one attached hydrogen (secondary N) is 1. The van der Waals surface area contributed by atoms with E-state index in [1.54, 1.807) is 36.5 Å². The minimum atomic E-state index is -0.751. The first-order valence-corrected chi connectivity index (χ1v) is 18.0. The van der Waals surface area contributed by atoms with Gasteiger partial charge in [-0.2, -0.15) is 0 Å². The van der Waals surface area contributed by atoms with Crippen LogP contribution in [0.2, 0.25) is 0 Å². The molecule has 0 saturated heterocycles. The van der Waals surface area contributed by atoms with Gasteiger partial charge in [0.25, 0.3) is 0 Å². The van der Waals surface area contributed by atoms with Crippen molar-refractivity contribution in [3.8, 4) is 0 Å². The van der Waals surface area contributed by atoms with E-state index in [9.17, 15) is 9.59 Å². The summed E-state index contributed by atoms with van der Waals surface area (Å²) < 4.78 is 46.4. The quantitative estimate of drug-likeness (QED) is 0.0456.